The van der Waals surface area contributed by atoms with Gasteiger partial charge in [-0.05, 0) is 12.8 Å². The Hall–Kier alpha value is -3.03. The monoisotopic (exact) mass is 309 g/mol. The maximum absolute atomic E-state index is 12.5. The lowest BCUT2D eigenvalue weighted by molar-refractivity contribution is 0.102. The van der Waals surface area contributed by atoms with E-state index in [9.17, 15) is 4.79 Å². The van der Waals surface area contributed by atoms with Crippen molar-refractivity contribution >= 4 is 11.9 Å². The third-order valence-electron chi connectivity index (χ3n) is 3.90. The van der Waals surface area contributed by atoms with Gasteiger partial charge in [0, 0.05) is 18.5 Å². The second-order valence-electron chi connectivity index (χ2n) is 5.39. The first-order valence-electron chi connectivity index (χ1n) is 7.52. The third-order valence-corrected chi connectivity index (χ3v) is 3.90. The zero-order valence-corrected chi connectivity index (χ0v) is 12.4. The Labute approximate surface area is 131 Å². The second-order valence-corrected chi connectivity index (χ2v) is 5.39. The number of hydrogen-bond donors (Lipinski definition) is 2. The molecule has 1 aliphatic heterocycles. The fraction of sp³-hybridized carbons (Fsp3) is 0.267. The zero-order valence-electron chi connectivity index (χ0n) is 12.4. The van der Waals surface area contributed by atoms with Crippen LogP contribution in [0.4, 0.5) is 5.95 Å². The molecule has 0 radical (unpaired) electrons. The predicted octanol–water partition coefficient (Wildman–Crippen LogP) is 1.65. The van der Waals surface area contributed by atoms with Crippen LogP contribution < -0.4 is 5.32 Å². The first kappa shape index (κ1) is 13.6. The van der Waals surface area contributed by atoms with Crippen molar-refractivity contribution in [3.63, 3.8) is 0 Å². The molecule has 116 valence electrons. The summed E-state index contributed by atoms with van der Waals surface area (Å²) in [5.74, 6) is 1.03. The SMILES string of the molecule is O=C(Nc1nnc2n1CCCC2)c1n[nH]nc1-c1ccccc1. The van der Waals surface area contributed by atoms with Crippen LogP contribution in [-0.4, -0.2) is 36.1 Å². The van der Waals surface area contributed by atoms with Crippen molar-refractivity contribution in [2.24, 2.45) is 0 Å². The molecule has 0 aliphatic carbocycles. The van der Waals surface area contributed by atoms with E-state index in [1.54, 1.807) is 0 Å². The molecular formula is C15H15N7O. The van der Waals surface area contributed by atoms with Gasteiger partial charge in [0.15, 0.2) is 5.69 Å². The van der Waals surface area contributed by atoms with E-state index in [1.807, 2.05) is 34.9 Å². The van der Waals surface area contributed by atoms with Crippen LogP contribution in [0.3, 0.4) is 0 Å². The number of aromatic amines is 1. The van der Waals surface area contributed by atoms with Crippen LogP contribution in [0, 0.1) is 0 Å². The number of amides is 1. The molecule has 2 aromatic heterocycles. The normalized spacial score (nSPS) is 13.6. The van der Waals surface area contributed by atoms with E-state index in [0.717, 1.165) is 37.2 Å². The molecule has 0 spiro atoms. The molecule has 8 heteroatoms. The molecular weight excluding hydrogens is 294 g/mol. The van der Waals surface area contributed by atoms with E-state index >= 15 is 0 Å². The number of aromatic nitrogens is 6. The Morgan fingerprint density at radius 1 is 1.13 bits per heavy atom. The Morgan fingerprint density at radius 2 is 2.00 bits per heavy atom. The number of nitrogens with one attached hydrogen (secondary N) is 2. The van der Waals surface area contributed by atoms with Gasteiger partial charge in [0.05, 0.1) is 0 Å². The highest BCUT2D eigenvalue weighted by molar-refractivity contribution is 6.05. The Morgan fingerprint density at radius 3 is 2.87 bits per heavy atom. The van der Waals surface area contributed by atoms with Crippen LogP contribution in [0.25, 0.3) is 11.3 Å². The summed E-state index contributed by atoms with van der Waals surface area (Å²) in [6, 6.07) is 9.45. The van der Waals surface area contributed by atoms with E-state index < -0.39 is 0 Å². The summed E-state index contributed by atoms with van der Waals surface area (Å²) in [5.41, 5.74) is 1.58. The molecule has 1 aromatic carbocycles. The molecule has 23 heavy (non-hydrogen) atoms. The van der Waals surface area contributed by atoms with Crippen molar-refractivity contribution in [2.45, 2.75) is 25.8 Å². The standard InChI is InChI=1S/C15H15N7O/c23-14(16-15-20-17-11-8-4-5-9-22(11)15)13-12(18-21-19-13)10-6-2-1-3-7-10/h1-3,6-7H,4-5,8-9H2,(H,16,20,23)(H,18,19,21). The second kappa shape index (κ2) is 5.64. The minimum absolute atomic E-state index is 0.240. The van der Waals surface area contributed by atoms with Gasteiger partial charge in [-0.15, -0.1) is 10.2 Å². The minimum atomic E-state index is -0.349. The summed E-state index contributed by atoms with van der Waals surface area (Å²) in [6.07, 6.45) is 3.06. The number of fused-ring (bicyclic) bond motifs is 1. The first-order valence-corrected chi connectivity index (χ1v) is 7.52. The zero-order chi connectivity index (χ0) is 15.6. The maximum Gasteiger partial charge on any atom is 0.280 e. The lowest BCUT2D eigenvalue weighted by Gasteiger charge is -2.14. The highest BCUT2D eigenvalue weighted by Crippen LogP contribution is 2.21. The fourth-order valence-electron chi connectivity index (χ4n) is 2.75. The summed E-state index contributed by atoms with van der Waals surface area (Å²) in [6.45, 7) is 0.822. The van der Waals surface area contributed by atoms with Gasteiger partial charge >= 0.3 is 0 Å². The van der Waals surface area contributed by atoms with Crippen LogP contribution in [0.15, 0.2) is 30.3 Å². The highest BCUT2D eigenvalue weighted by atomic mass is 16.2. The number of benzene rings is 1. The van der Waals surface area contributed by atoms with Crippen LogP contribution in [-0.2, 0) is 13.0 Å². The van der Waals surface area contributed by atoms with E-state index in [0.29, 0.717) is 11.6 Å². The Bertz CT molecular complexity index is 837. The minimum Gasteiger partial charge on any atom is -0.297 e. The quantitative estimate of drug-likeness (QED) is 0.766. The van der Waals surface area contributed by atoms with E-state index in [2.05, 4.69) is 30.9 Å². The molecule has 0 unspecified atom stereocenters. The molecule has 0 fully saturated rings. The molecule has 0 atom stereocenters. The van der Waals surface area contributed by atoms with Crippen LogP contribution >= 0.6 is 0 Å². The smallest absolute Gasteiger partial charge is 0.280 e. The van der Waals surface area contributed by atoms with Crippen LogP contribution in [0.2, 0.25) is 0 Å². The van der Waals surface area contributed by atoms with Crippen molar-refractivity contribution in [3.8, 4) is 11.3 Å². The Kier molecular flexibility index (Phi) is 3.34. The molecule has 1 amide bonds. The predicted molar refractivity (Wildman–Crippen MR) is 82.7 cm³/mol. The lowest BCUT2D eigenvalue weighted by Crippen LogP contribution is -2.19. The fourth-order valence-corrected chi connectivity index (χ4v) is 2.75. The average Bonchev–Trinajstić information content (AvgIpc) is 3.23. The number of H-pyrrole nitrogens is 1. The summed E-state index contributed by atoms with van der Waals surface area (Å²) in [7, 11) is 0. The summed E-state index contributed by atoms with van der Waals surface area (Å²) in [5, 5.41) is 21.6. The average molecular weight is 309 g/mol. The summed E-state index contributed by atoms with van der Waals surface area (Å²) >= 11 is 0. The van der Waals surface area contributed by atoms with Gasteiger partial charge in [-0.2, -0.15) is 15.4 Å². The number of hydrogen-bond acceptors (Lipinski definition) is 5. The molecule has 2 N–H and O–H groups in total. The molecule has 4 rings (SSSR count). The van der Waals surface area contributed by atoms with Crippen molar-refractivity contribution in [2.75, 3.05) is 5.32 Å². The molecule has 3 aromatic rings. The molecule has 1 aliphatic rings. The maximum atomic E-state index is 12.5. The summed E-state index contributed by atoms with van der Waals surface area (Å²) in [4.78, 5) is 12.5. The van der Waals surface area contributed by atoms with Crippen LogP contribution in [0.1, 0.15) is 29.2 Å². The largest absolute Gasteiger partial charge is 0.297 e. The number of anilines is 1. The van der Waals surface area contributed by atoms with Gasteiger partial charge in [0.25, 0.3) is 5.91 Å². The van der Waals surface area contributed by atoms with E-state index in [-0.39, 0.29) is 11.6 Å². The number of carbonyl (C=O) groups excluding carboxylic acids is 1. The van der Waals surface area contributed by atoms with Crippen molar-refractivity contribution < 1.29 is 4.79 Å². The highest BCUT2D eigenvalue weighted by Gasteiger charge is 2.22. The van der Waals surface area contributed by atoms with Gasteiger partial charge in [0.1, 0.15) is 11.5 Å². The third kappa shape index (κ3) is 2.48. The summed E-state index contributed by atoms with van der Waals surface area (Å²) < 4.78 is 1.95. The van der Waals surface area contributed by atoms with Crippen molar-refractivity contribution in [3.05, 3.63) is 41.9 Å². The first-order chi connectivity index (χ1) is 11.3. The number of rotatable bonds is 3. The molecule has 8 nitrogen and oxygen atoms in total. The van der Waals surface area contributed by atoms with Gasteiger partial charge in [0.2, 0.25) is 5.95 Å². The van der Waals surface area contributed by atoms with Crippen LogP contribution in [0.5, 0.6) is 0 Å². The topological polar surface area (TPSA) is 101 Å². The molecule has 0 saturated heterocycles. The number of carbonyl (C=O) groups is 1. The van der Waals surface area contributed by atoms with E-state index in [1.165, 1.54) is 0 Å². The number of nitrogens with zero attached hydrogens (tertiary/aromatic N) is 5. The van der Waals surface area contributed by atoms with Gasteiger partial charge in [-0.3, -0.25) is 14.7 Å². The lowest BCUT2D eigenvalue weighted by atomic mass is 10.1. The van der Waals surface area contributed by atoms with Crippen molar-refractivity contribution in [1.82, 2.24) is 30.2 Å². The Balaban J connectivity index is 1.61. The van der Waals surface area contributed by atoms with Gasteiger partial charge in [-0.1, -0.05) is 30.3 Å². The van der Waals surface area contributed by atoms with Crippen molar-refractivity contribution in [1.29, 1.82) is 0 Å². The van der Waals surface area contributed by atoms with Gasteiger partial charge < -0.3 is 0 Å². The van der Waals surface area contributed by atoms with E-state index in [4.69, 9.17) is 0 Å². The molecule has 3 heterocycles. The molecule has 0 saturated carbocycles. The number of aryl methyl sites for hydroxylation is 1. The molecule has 0 bridgehead atoms. The van der Waals surface area contributed by atoms with Gasteiger partial charge in [-0.25, -0.2) is 0 Å².